The molecule has 1 N–H and O–H groups in total. The average Bonchev–Trinajstić information content (AvgIpc) is 3.19. The fourth-order valence-electron chi connectivity index (χ4n) is 4.06. The van der Waals surface area contributed by atoms with Gasteiger partial charge in [0.05, 0.1) is 11.1 Å². The van der Waals surface area contributed by atoms with Crippen molar-refractivity contribution < 1.29 is 4.52 Å². The molecule has 160 valence electrons. The minimum Gasteiger partial charge on any atom is -0.356 e. The number of nitrogens with one attached hydrogen (secondary N) is 1. The number of hydrogen-bond acceptors (Lipinski definition) is 6. The smallest absolute Gasteiger partial charge is 0.261 e. The lowest BCUT2D eigenvalue weighted by atomic mass is 9.99. The number of piperidine rings is 1. The molecule has 1 aromatic carbocycles. The molecule has 3 aromatic rings. The summed E-state index contributed by atoms with van der Waals surface area (Å²) in [5.41, 5.74) is 3.24. The van der Waals surface area contributed by atoms with E-state index in [0.717, 1.165) is 54.6 Å². The van der Waals surface area contributed by atoms with Gasteiger partial charge < -0.3 is 14.7 Å². The predicted molar refractivity (Wildman–Crippen MR) is 122 cm³/mol. The first-order valence-corrected chi connectivity index (χ1v) is 11.2. The fourth-order valence-corrected chi connectivity index (χ4v) is 4.06. The normalized spacial score (nSPS) is 16.5. The second-order valence-corrected chi connectivity index (χ2v) is 8.85. The Morgan fingerprint density at radius 3 is 2.53 bits per heavy atom. The van der Waals surface area contributed by atoms with Gasteiger partial charge in [-0.1, -0.05) is 32.0 Å². The van der Waals surface area contributed by atoms with Crippen LogP contribution in [-0.4, -0.2) is 40.3 Å². The van der Waals surface area contributed by atoms with Crippen LogP contribution in [-0.2, 0) is 6.42 Å². The molecule has 0 saturated carbocycles. The summed E-state index contributed by atoms with van der Waals surface area (Å²) < 4.78 is 5.55. The van der Waals surface area contributed by atoms with Gasteiger partial charge in [-0.3, -0.25) is 0 Å². The van der Waals surface area contributed by atoms with Crippen molar-refractivity contribution in [3.63, 3.8) is 0 Å². The Morgan fingerprint density at radius 2 is 1.90 bits per heavy atom. The van der Waals surface area contributed by atoms with Crippen LogP contribution in [0.15, 0.2) is 28.8 Å². The summed E-state index contributed by atoms with van der Waals surface area (Å²) in [5.74, 6) is 2.78. The van der Waals surface area contributed by atoms with Gasteiger partial charge in [-0.25, -0.2) is 4.98 Å². The van der Waals surface area contributed by atoms with Crippen LogP contribution in [0.4, 0.5) is 5.82 Å². The molecule has 0 aliphatic carbocycles. The topological polar surface area (TPSA) is 67.1 Å². The summed E-state index contributed by atoms with van der Waals surface area (Å²) in [6.07, 6.45) is 3.21. The highest BCUT2D eigenvalue weighted by Gasteiger charge is 2.26. The van der Waals surface area contributed by atoms with E-state index in [9.17, 15) is 0 Å². The van der Waals surface area contributed by atoms with Crippen molar-refractivity contribution in [3.05, 3.63) is 35.7 Å². The summed E-state index contributed by atoms with van der Waals surface area (Å²) in [6.45, 7) is 12.8. The van der Waals surface area contributed by atoms with E-state index < -0.39 is 0 Å². The third-order valence-corrected chi connectivity index (χ3v) is 6.32. The zero-order valence-electron chi connectivity index (χ0n) is 18.8. The number of pyridine rings is 1. The van der Waals surface area contributed by atoms with Crippen molar-refractivity contribution in [1.29, 1.82) is 0 Å². The Kier molecular flexibility index (Phi) is 6.04. The van der Waals surface area contributed by atoms with Gasteiger partial charge in [0.25, 0.3) is 5.89 Å². The summed E-state index contributed by atoms with van der Waals surface area (Å²) in [5, 5.41) is 8.92. The van der Waals surface area contributed by atoms with Crippen molar-refractivity contribution in [1.82, 2.24) is 20.4 Å². The first-order valence-electron chi connectivity index (χ1n) is 11.2. The zero-order valence-corrected chi connectivity index (χ0v) is 18.8. The zero-order chi connectivity index (χ0) is 21.3. The van der Waals surface area contributed by atoms with Gasteiger partial charge in [0.1, 0.15) is 5.82 Å². The van der Waals surface area contributed by atoms with E-state index in [1.54, 1.807) is 0 Å². The van der Waals surface area contributed by atoms with Crippen LogP contribution in [0, 0.1) is 12.8 Å². The van der Waals surface area contributed by atoms with Gasteiger partial charge in [-0.15, -0.1) is 0 Å². The number of hydrogen-bond donors (Lipinski definition) is 1. The summed E-state index contributed by atoms with van der Waals surface area (Å²) in [4.78, 5) is 11.9. The van der Waals surface area contributed by atoms with E-state index in [4.69, 9.17) is 9.51 Å². The third kappa shape index (κ3) is 4.33. The number of benzene rings is 1. The van der Waals surface area contributed by atoms with Crippen LogP contribution in [0.3, 0.4) is 0 Å². The lowest BCUT2D eigenvalue weighted by Gasteiger charge is -2.36. The summed E-state index contributed by atoms with van der Waals surface area (Å²) >= 11 is 0. The van der Waals surface area contributed by atoms with Gasteiger partial charge in [0, 0.05) is 30.6 Å². The Hall–Kier alpha value is -2.47. The molecule has 0 unspecified atom stereocenters. The maximum absolute atomic E-state index is 5.55. The van der Waals surface area contributed by atoms with Crippen LogP contribution >= 0.6 is 0 Å². The molecule has 1 aliphatic heterocycles. The molecule has 1 atom stereocenters. The molecule has 3 heterocycles. The van der Waals surface area contributed by atoms with E-state index in [2.05, 4.69) is 72.3 Å². The molecule has 4 rings (SSSR count). The fraction of sp³-hybridized carbons (Fsp3) is 0.542. The lowest BCUT2D eigenvalue weighted by Crippen LogP contribution is -2.47. The molecular weight excluding hydrogens is 374 g/mol. The third-order valence-electron chi connectivity index (χ3n) is 6.32. The van der Waals surface area contributed by atoms with Crippen LogP contribution in [0.1, 0.15) is 51.9 Å². The highest BCUT2D eigenvalue weighted by atomic mass is 16.5. The minimum atomic E-state index is 0.532. The molecule has 6 nitrogen and oxygen atoms in total. The first kappa shape index (κ1) is 20.8. The van der Waals surface area contributed by atoms with Crippen LogP contribution < -0.4 is 10.2 Å². The average molecular weight is 408 g/mol. The molecule has 6 heteroatoms. The van der Waals surface area contributed by atoms with E-state index in [1.165, 1.54) is 5.56 Å². The molecule has 1 fully saturated rings. The first-order chi connectivity index (χ1) is 14.4. The molecular formula is C24H33N5O. The van der Waals surface area contributed by atoms with E-state index in [1.807, 2.05) is 6.92 Å². The molecule has 1 aliphatic rings. The van der Waals surface area contributed by atoms with Gasteiger partial charge in [-0.05, 0) is 62.8 Å². The van der Waals surface area contributed by atoms with Gasteiger partial charge in [0.15, 0.2) is 5.82 Å². The van der Waals surface area contributed by atoms with Crippen LogP contribution in [0.5, 0.6) is 0 Å². The molecule has 0 bridgehead atoms. The van der Waals surface area contributed by atoms with Crippen molar-refractivity contribution in [2.75, 3.05) is 18.0 Å². The van der Waals surface area contributed by atoms with Crippen molar-refractivity contribution in [2.24, 2.45) is 5.92 Å². The molecule has 30 heavy (non-hydrogen) atoms. The van der Waals surface area contributed by atoms with E-state index >= 15 is 0 Å². The van der Waals surface area contributed by atoms with Crippen molar-refractivity contribution in [3.8, 4) is 11.5 Å². The molecule has 2 aromatic heterocycles. The maximum atomic E-state index is 5.55. The SMILES string of the molecule is CCc1ccc2nc(N3CCC(N[C@H](C)C(C)C)CC3)c(-c3nc(C)no3)cc2c1. The van der Waals surface area contributed by atoms with Gasteiger partial charge in [-0.2, -0.15) is 4.98 Å². The second kappa shape index (κ2) is 8.72. The molecule has 0 spiro atoms. The lowest BCUT2D eigenvalue weighted by molar-refractivity contribution is 0.331. The van der Waals surface area contributed by atoms with E-state index in [0.29, 0.717) is 29.7 Å². The largest absolute Gasteiger partial charge is 0.356 e. The van der Waals surface area contributed by atoms with Crippen LogP contribution in [0.25, 0.3) is 22.4 Å². The molecule has 0 radical (unpaired) electrons. The number of anilines is 1. The number of aromatic nitrogens is 3. The van der Waals surface area contributed by atoms with Crippen molar-refractivity contribution >= 4 is 16.7 Å². The number of fused-ring (bicyclic) bond motifs is 1. The Bertz CT molecular complexity index is 1000. The predicted octanol–water partition coefficient (Wildman–Crippen LogP) is 4.76. The monoisotopic (exact) mass is 407 g/mol. The highest BCUT2D eigenvalue weighted by Crippen LogP contribution is 2.33. The summed E-state index contributed by atoms with van der Waals surface area (Å²) in [7, 11) is 0. The Morgan fingerprint density at radius 1 is 1.13 bits per heavy atom. The summed E-state index contributed by atoms with van der Waals surface area (Å²) in [6, 6.07) is 9.75. The molecule has 0 amide bonds. The molecule has 1 saturated heterocycles. The van der Waals surface area contributed by atoms with Gasteiger partial charge in [0.2, 0.25) is 0 Å². The Balaban J connectivity index is 1.64. The Labute approximate surface area is 179 Å². The van der Waals surface area contributed by atoms with Gasteiger partial charge >= 0.3 is 0 Å². The second-order valence-electron chi connectivity index (χ2n) is 8.85. The van der Waals surface area contributed by atoms with Crippen molar-refractivity contribution in [2.45, 2.75) is 66.0 Å². The highest BCUT2D eigenvalue weighted by molar-refractivity contribution is 5.88. The number of aryl methyl sites for hydroxylation is 2. The maximum Gasteiger partial charge on any atom is 0.261 e. The minimum absolute atomic E-state index is 0.532. The van der Waals surface area contributed by atoms with E-state index in [-0.39, 0.29) is 0 Å². The number of rotatable bonds is 6. The number of nitrogens with zero attached hydrogens (tertiary/aromatic N) is 4. The standard InChI is InChI=1S/C24H33N5O/c1-6-18-7-8-22-19(13-18)14-21(24-26-17(5)28-30-24)23(27-22)29-11-9-20(10-12-29)25-16(4)15(2)3/h7-8,13-16,20,25H,6,9-12H2,1-5H3/t16-/m1/s1. The van der Waals surface area contributed by atoms with Crippen LogP contribution in [0.2, 0.25) is 0 Å². The quantitative estimate of drug-likeness (QED) is 0.635.